The molecule has 0 fully saturated rings. The molecule has 22 heavy (non-hydrogen) atoms. The Morgan fingerprint density at radius 3 is 2.64 bits per heavy atom. The second-order valence-electron chi connectivity index (χ2n) is 5.44. The van der Waals surface area contributed by atoms with Crippen LogP contribution in [0, 0.1) is 0 Å². The fourth-order valence-corrected chi connectivity index (χ4v) is 3.00. The Hall–Kier alpha value is -1.80. The van der Waals surface area contributed by atoms with E-state index in [9.17, 15) is 0 Å². The Kier molecular flexibility index (Phi) is 4.79. The SMILES string of the molecule is CCCCc1ccc2ccccc2c1Oc1cccc(Br)c1. The molecule has 0 N–H and O–H groups in total. The van der Waals surface area contributed by atoms with Crippen LogP contribution in [-0.2, 0) is 6.42 Å². The van der Waals surface area contributed by atoms with Crippen LogP contribution in [0.2, 0.25) is 0 Å². The van der Waals surface area contributed by atoms with Crippen LogP contribution in [0.4, 0.5) is 0 Å². The van der Waals surface area contributed by atoms with E-state index in [0.29, 0.717) is 0 Å². The fourth-order valence-electron chi connectivity index (χ4n) is 2.62. The summed E-state index contributed by atoms with van der Waals surface area (Å²) in [7, 11) is 0. The van der Waals surface area contributed by atoms with Gasteiger partial charge in [-0.1, -0.05) is 71.7 Å². The van der Waals surface area contributed by atoms with Gasteiger partial charge in [-0.3, -0.25) is 0 Å². The number of halogens is 1. The molecule has 0 radical (unpaired) electrons. The highest BCUT2D eigenvalue weighted by Gasteiger charge is 2.10. The first-order valence-electron chi connectivity index (χ1n) is 7.72. The lowest BCUT2D eigenvalue weighted by atomic mass is 10.0. The first-order valence-corrected chi connectivity index (χ1v) is 8.51. The van der Waals surface area contributed by atoms with Gasteiger partial charge in [-0.2, -0.15) is 0 Å². The van der Waals surface area contributed by atoms with Crippen molar-refractivity contribution in [3.8, 4) is 11.5 Å². The van der Waals surface area contributed by atoms with Gasteiger partial charge in [-0.05, 0) is 42.0 Å². The van der Waals surface area contributed by atoms with Crippen molar-refractivity contribution in [3.05, 3.63) is 70.7 Å². The predicted octanol–water partition coefficient (Wildman–Crippen LogP) is 6.74. The predicted molar refractivity (Wildman–Crippen MR) is 96.8 cm³/mol. The molecule has 0 spiro atoms. The lowest BCUT2D eigenvalue weighted by molar-refractivity contribution is 0.480. The van der Waals surface area contributed by atoms with E-state index in [1.807, 2.05) is 24.3 Å². The van der Waals surface area contributed by atoms with Crippen LogP contribution >= 0.6 is 15.9 Å². The molecule has 0 bridgehead atoms. The lowest BCUT2D eigenvalue weighted by Crippen LogP contribution is -1.94. The van der Waals surface area contributed by atoms with Crippen LogP contribution in [0.15, 0.2) is 65.1 Å². The van der Waals surface area contributed by atoms with Gasteiger partial charge in [-0.25, -0.2) is 0 Å². The maximum atomic E-state index is 6.27. The van der Waals surface area contributed by atoms with Gasteiger partial charge in [0.15, 0.2) is 0 Å². The van der Waals surface area contributed by atoms with Crippen molar-refractivity contribution < 1.29 is 4.74 Å². The highest BCUT2D eigenvalue weighted by molar-refractivity contribution is 9.10. The quantitative estimate of drug-likeness (QED) is 0.493. The molecule has 1 nitrogen and oxygen atoms in total. The molecule has 2 heteroatoms. The van der Waals surface area contributed by atoms with Gasteiger partial charge in [0, 0.05) is 9.86 Å². The van der Waals surface area contributed by atoms with Gasteiger partial charge < -0.3 is 4.74 Å². The minimum absolute atomic E-state index is 0.864. The van der Waals surface area contributed by atoms with Crippen molar-refractivity contribution in [3.63, 3.8) is 0 Å². The number of hydrogen-bond donors (Lipinski definition) is 0. The van der Waals surface area contributed by atoms with E-state index in [2.05, 4.69) is 59.3 Å². The Morgan fingerprint density at radius 1 is 0.955 bits per heavy atom. The summed E-state index contributed by atoms with van der Waals surface area (Å²) in [6, 6.07) is 20.8. The van der Waals surface area contributed by atoms with Crippen LogP contribution in [0.5, 0.6) is 11.5 Å². The molecule has 3 rings (SSSR count). The summed E-state index contributed by atoms with van der Waals surface area (Å²) in [5, 5.41) is 2.39. The average Bonchev–Trinajstić information content (AvgIpc) is 2.54. The molecule has 0 amide bonds. The van der Waals surface area contributed by atoms with E-state index < -0.39 is 0 Å². The van der Waals surface area contributed by atoms with Gasteiger partial charge >= 0.3 is 0 Å². The van der Waals surface area contributed by atoms with Crippen LogP contribution in [-0.4, -0.2) is 0 Å². The molecule has 0 heterocycles. The first-order chi connectivity index (χ1) is 10.8. The summed E-state index contributed by atoms with van der Waals surface area (Å²) in [4.78, 5) is 0. The molecule has 0 aliphatic heterocycles. The van der Waals surface area contributed by atoms with Crippen molar-refractivity contribution in [2.75, 3.05) is 0 Å². The average molecular weight is 355 g/mol. The normalized spacial score (nSPS) is 10.8. The highest BCUT2D eigenvalue weighted by Crippen LogP contribution is 2.35. The van der Waals surface area contributed by atoms with Crippen molar-refractivity contribution in [2.45, 2.75) is 26.2 Å². The third-order valence-corrected chi connectivity index (χ3v) is 4.27. The second kappa shape index (κ2) is 6.97. The van der Waals surface area contributed by atoms with Gasteiger partial charge in [-0.15, -0.1) is 0 Å². The number of benzene rings is 3. The molecular weight excluding hydrogens is 336 g/mol. The number of rotatable bonds is 5. The van der Waals surface area contributed by atoms with Crippen LogP contribution in [0.25, 0.3) is 10.8 Å². The maximum absolute atomic E-state index is 6.27. The van der Waals surface area contributed by atoms with Crippen LogP contribution in [0.1, 0.15) is 25.3 Å². The third-order valence-electron chi connectivity index (χ3n) is 3.78. The van der Waals surface area contributed by atoms with E-state index in [-0.39, 0.29) is 0 Å². The molecule has 0 saturated heterocycles. The Morgan fingerprint density at radius 2 is 1.82 bits per heavy atom. The van der Waals surface area contributed by atoms with Crippen molar-refractivity contribution in [1.29, 1.82) is 0 Å². The zero-order chi connectivity index (χ0) is 15.4. The van der Waals surface area contributed by atoms with E-state index in [1.165, 1.54) is 29.2 Å². The summed E-state index contributed by atoms with van der Waals surface area (Å²) in [5.41, 5.74) is 1.28. The molecule has 0 unspecified atom stereocenters. The first kappa shape index (κ1) is 15.1. The Balaban J connectivity index is 2.07. The Bertz CT molecular complexity index is 780. The number of ether oxygens (including phenoxy) is 1. The standard InChI is InChI=1S/C20H19BrO/c1-2-3-7-16-13-12-15-8-4-5-11-19(15)20(16)22-18-10-6-9-17(21)14-18/h4-6,8-14H,2-3,7H2,1H3. The summed E-state index contributed by atoms with van der Waals surface area (Å²) < 4.78 is 7.30. The topological polar surface area (TPSA) is 9.23 Å². The highest BCUT2D eigenvalue weighted by atomic mass is 79.9. The second-order valence-corrected chi connectivity index (χ2v) is 6.35. The van der Waals surface area contributed by atoms with Crippen molar-refractivity contribution in [2.24, 2.45) is 0 Å². The van der Waals surface area contributed by atoms with Gasteiger partial charge in [0.1, 0.15) is 11.5 Å². The maximum Gasteiger partial charge on any atom is 0.138 e. The smallest absolute Gasteiger partial charge is 0.138 e. The number of aryl methyl sites for hydroxylation is 1. The van der Waals surface area contributed by atoms with E-state index >= 15 is 0 Å². The molecule has 3 aromatic rings. The number of fused-ring (bicyclic) bond motifs is 1. The minimum atomic E-state index is 0.864. The molecule has 0 aliphatic rings. The van der Waals surface area contributed by atoms with Crippen LogP contribution < -0.4 is 4.74 Å². The molecule has 0 atom stereocenters. The molecule has 112 valence electrons. The number of hydrogen-bond acceptors (Lipinski definition) is 1. The van der Waals surface area contributed by atoms with E-state index in [4.69, 9.17) is 4.74 Å². The summed E-state index contributed by atoms with van der Waals surface area (Å²) in [6.07, 6.45) is 3.40. The minimum Gasteiger partial charge on any atom is -0.456 e. The zero-order valence-electron chi connectivity index (χ0n) is 12.7. The van der Waals surface area contributed by atoms with Gasteiger partial charge in [0.2, 0.25) is 0 Å². The fraction of sp³-hybridized carbons (Fsp3) is 0.200. The number of unbranched alkanes of at least 4 members (excludes halogenated alkanes) is 1. The molecule has 3 aromatic carbocycles. The van der Waals surface area contributed by atoms with Crippen molar-refractivity contribution >= 4 is 26.7 Å². The van der Waals surface area contributed by atoms with Gasteiger partial charge in [0.25, 0.3) is 0 Å². The van der Waals surface area contributed by atoms with E-state index in [1.54, 1.807) is 0 Å². The molecule has 0 saturated carbocycles. The van der Waals surface area contributed by atoms with Crippen molar-refractivity contribution in [1.82, 2.24) is 0 Å². The van der Waals surface area contributed by atoms with Gasteiger partial charge in [0.05, 0.1) is 0 Å². The summed E-state index contributed by atoms with van der Waals surface area (Å²) in [5.74, 6) is 1.85. The zero-order valence-corrected chi connectivity index (χ0v) is 14.3. The third kappa shape index (κ3) is 3.33. The molecule has 0 aliphatic carbocycles. The molecular formula is C20H19BrO. The largest absolute Gasteiger partial charge is 0.456 e. The molecule has 0 aromatic heterocycles. The van der Waals surface area contributed by atoms with Crippen LogP contribution in [0.3, 0.4) is 0 Å². The Labute approximate surface area is 140 Å². The summed E-state index contributed by atoms with van der Waals surface area (Å²) >= 11 is 3.51. The monoisotopic (exact) mass is 354 g/mol. The summed E-state index contributed by atoms with van der Waals surface area (Å²) in [6.45, 7) is 2.22. The lowest BCUT2D eigenvalue weighted by Gasteiger charge is -2.14. The van der Waals surface area contributed by atoms with E-state index in [0.717, 1.165) is 22.4 Å².